The number of hydrogen-bond acceptors (Lipinski definition) is 12. The highest BCUT2D eigenvalue weighted by Crippen LogP contribution is 2.48. The maximum Gasteiger partial charge on any atom is 0.333 e. The van der Waals surface area contributed by atoms with E-state index in [9.17, 15) is 53.3 Å². The van der Waals surface area contributed by atoms with Gasteiger partial charge in [0.05, 0.1) is 25.3 Å². The number of nitrogens with one attached hydrogen (secondary N) is 1. The molecular formula is C38H45N3O13S3. The van der Waals surface area contributed by atoms with Crippen LogP contribution < -0.4 is 5.32 Å². The van der Waals surface area contributed by atoms with Crippen LogP contribution in [0.5, 0.6) is 0 Å². The van der Waals surface area contributed by atoms with E-state index in [0.29, 0.717) is 66.2 Å². The molecule has 3 heterocycles. The number of imide groups is 1. The van der Waals surface area contributed by atoms with Gasteiger partial charge in [-0.1, -0.05) is 31.1 Å². The van der Waals surface area contributed by atoms with Gasteiger partial charge in [-0.3, -0.25) is 18.7 Å². The lowest BCUT2D eigenvalue weighted by Crippen LogP contribution is -2.31. The molecule has 19 heteroatoms. The fraction of sp³-hybridized carbons (Fsp3) is 0.421. The van der Waals surface area contributed by atoms with Crippen molar-refractivity contribution in [2.45, 2.75) is 99.2 Å². The molecular weight excluding hydrogens is 803 g/mol. The topological polar surface area (TPSA) is 245 Å². The second kappa shape index (κ2) is 16.8. The lowest BCUT2D eigenvalue weighted by molar-refractivity contribution is -0.438. The monoisotopic (exact) mass is 847 g/mol. The molecule has 2 aromatic rings. The van der Waals surface area contributed by atoms with E-state index in [1.807, 2.05) is 37.5 Å². The summed E-state index contributed by atoms with van der Waals surface area (Å²) in [4.78, 5) is 40.2. The van der Waals surface area contributed by atoms with E-state index in [1.54, 1.807) is 30.4 Å². The third-order valence-electron chi connectivity index (χ3n) is 10.4. The zero-order chi connectivity index (χ0) is 42.0. The summed E-state index contributed by atoms with van der Waals surface area (Å²) in [5.74, 6) is -2.33. The number of hydroxylamine groups is 2. The van der Waals surface area contributed by atoms with Gasteiger partial charge in [-0.25, -0.2) is 13.2 Å². The van der Waals surface area contributed by atoms with Gasteiger partial charge in [0.15, 0.2) is 5.71 Å². The lowest BCUT2D eigenvalue weighted by atomic mass is 9.77. The molecule has 5 rings (SSSR count). The highest BCUT2D eigenvalue weighted by atomic mass is 32.2. The van der Waals surface area contributed by atoms with Crippen molar-refractivity contribution in [2.75, 3.05) is 17.6 Å². The number of unbranched alkanes of at least 4 members (excludes halogenated alkanes) is 3. The highest BCUT2D eigenvalue weighted by Gasteiger charge is 2.45. The maximum atomic E-state index is 12.3. The Morgan fingerprint density at radius 3 is 2.12 bits per heavy atom. The van der Waals surface area contributed by atoms with Crippen LogP contribution in [0.25, 0.3) is 0 Å². The summed E-state index contributed by atoms with van der Waals surface area (Å²) in [7, 11) is -13.4. The number of amides is 2. The first-order valence-electron chi connectivity index (χ1n) is 18.2. The Morgan fingerprint density at radius 2 is 1.49 bits per heavy atom. The van der Waals surface area contributed by atoms with Gasteiger partial charge in [-0.05, 0) is 82.0 Å². The van der Waals surface area contributed by atoms with Crippen molar-refractivity contribution in [3.8, 4) is 0 Å². The molecule has 3 aliphatic heterocycles. The van der Waals surface area contributed by atoms with E-state index < -0.39 is 64.7 Å². The predicted octanol–water partition coefficient (Wildman–Crippen LogP) is 4.82. The van der Waals surface area contributed by atoms with Crippen LogP contribution in [-0.2, 0) is 60.4 Å². The zero-order valence-electron chi connectivity index (χ0n) is 31.6. The van der Waals surface area contributed by atoms with Crippen LogP contribution in [0.15, 0.2) is 82.3 Å². The van der Waals surface area contributed by atoms with Crippen LogP contribution in [0, 0.1) is 0 Å². The lowest BCUT2D eigenvalue weighted by Gasteiger charge is -2.26. The number of benzene rings is 2. The molecule has 308 valence electrons. The van der Waals surface area contributed by atoms with Crippen LogP contribution in [0.4, 0.5) is 11.4 Å². The number of anilines is 1. The molecule has 3 aliphatic rings. The predicted molar refractivity (Wildman–Crippen MR) is 207 cm³/mol. The average molecular weight is 848 g/mol. The molecule has 2 amide bonds. The van der Waals surface area contributed by atoms with Crippen molar-refractivity contribution in [2.24, 2.45) is 0 Å². The molecule has 1 atom stereocenters. The Kier molecular flexibility index (Phi) is 12.8. The average Bonchev–Trinajstić information content (AvgIpc) is 3.66. The Bertz CT molecular complexity index is 2420. The van der Waals surface area contributed by atoms with Gasteiger partial charge in [0.2, 0.25) is 5.69 Å². The number of hydrogen-bond donors (Lipinski definition) is 3. The number of carbonyl (C=O) groups excluding carboxylic acids is 3. The van der Waals surface area contributed by atoms with E-state index in [2.05, 4.69) is 5.32 Å². The quantitative estimate of drug-likeness (QED) is 0.0636. The first kappa shape index (κ1) is 43.6. The summed E-state index contributed by atoms with van der Waals surface area (Å²) in [6.07, 6.45) is 11.5. The van der Waals surface area contributed by atoms with Crippen LogP contribution in [0.3, 0.4) is 0 Å². The second-order valence-electron chi connectivity index (χ2n) is 14.9. The van der Waals surface area contributed by atoms with Crippen LogP contribution in [-0.4, -0.2) is 84.3 Å². The van der Waals surface area contributed by atoms with E-state index in [-0.39, 0.29) is 35.5 Å². The molecule has 1 saturated heterocycles. The van der Waals surface area contributed by atoms with Crippen molar-refractivity contribution in [1.29, 1.82) is 0 Å². The molecule has 16 nitrogen and oxygen atoms in total. The molecule has 0 bridgehead atoms. The fourth-order valence-electron chi connectivity index (χ4n) is 7.37. The first-order chi connectivity index (χ1) is 26.5. The summed E-state index contributed by atoms with van der Waals surface area (Å²) in [5.41, 5.74) is 2.57. The SMILES string of the molecule is CC1(C)C(/C=C/C=C/C=C2/Nc3ccc(S(=O)(=O)O)cc3C2(C)CCCCCC(=O)ON2C(=O)CCC2=O)=[N+](CCCCS(=O)(=O)[O-])c2ccc(S(=O)(=O)O)cc21. The van der Waals surface area contributed by atoms with E-state index in [4.69, 9.17) is 4.84 Å². The zero-order valence-corrected chi connectivity index (χ0v) is 34.1. The van der Waals surface area contributed by atoms with Crippen molar-refractivity contribution in [1.82, 2.24) is 5.06 Å². The Balaban J connectivity index is 1.35. The molecule has 1 unspecified atom stereocenters. The van der Waals surface area contributed by atoms with Gasteiger partial charge in [0.1, 0.15) is 6.54 Å². The first-order valence-corrected chi connectivity index (χ1v) is 22.7. The van der Waals surface area contributed by atoms with E-state index in [0.717, 1.165) is 11.4 Å². The molecule has 57 heavy (non-hydrogen) atoms. The van der Waals surface area contributed by atoms with E-state index >= 15 is 0 Å². The molecule has 0 spiro atoms. The third kappa shape index (κ3) is 10.1. The second-order valence-corrected chi connectivity index (χ2v) is 19.2. The van der Waals surface area contributed by atoms with Gasteiger partial charge < -0.3 is 14.7 Å². The number of allylic oxidation sites excluding steroid dienone is 6. The largest absolute Gasteiger partial charge is 0.748 e. The maximum absolute atomic E-state index is 12.3. The molecule has 2 aromatic carbocycles. The number of fused-ring (bicyclic) bond motifs is 2. The van der Waals surface area contributed by atoms with Gasteiger partial charge in [-0.2, -0.15) is 21.4 Å². The molecule has 3 N–H and O–H groups in total. The molecule has 0 saturated carbocycles. The normalized spacial score (nSPS) is 20.2. The molecule has 0 aromatic heterocycles. The van der Waals surface area contributed by atoms with Crippen molar-refractivity contribution in [3.63, 3.8) is 0 Å². The Labute approximate surface area is 332 Å². The van der Waals surface area contributed by atoms with Gasteiger partial charge in [0.25, 0.3) is 32.1 Å². The van der Waals surface area contributed by atoms with Crippen LogP contribution in [0.1, 0.15) is 89.7 Å². The number of carbonyl (C=O) groups is 3. The highest BCUT2D eigenvalue weighted by molar-refractivity contribution is 7.86. The van der Waals surface area contributed by atoms with E-state index in [1.165, 1.54) is 24.3 Å². The van der Waals surface area contributed by atoms with Gasteiger partial charge in [-0.15, -0.1) is 5.06 Å². The smallest absolute Gasteiger partial charge is 0.333 e. The summed E-state index contributed by atoms with van der Waals surface area (Å²) in [6.45, 7) is 6.03. The van der Waals surface area contributed by atoms with Crippen LogP contribution >= 0.6 is 0 Å². The summed E-state index contributed by atoms with van der Waals surface area (Å²) in [6, 6.07) is 8.57. The number of nitrogens with zero attached hydrogens (tertiary/aromatic N) is 2. The van der Waals surface area contributed by atoms with Gasteiger partial charge in [0, 0.05) is 65.9 Å². The minimum Gasteiger partial charge on any atom is -0.748 e. The van der Waals surface area contributed by atoms with Crippen molar-refractivity contribution < 1.29 is 62.7 Å². The molecule has 0 aliphatic carbocycles. The third-order valence-corrected chi connectivity index (χ3v) is 12.9. The van der Waals surface area contributed by atoms with Crippen molar-refractivity contribution in [3.05, 3.63) is 83.6 Å². The van der Waals surface area contributed by atoms with Crippen molar-refractivity contribution >= 4 is 65.2 Å². The summed E-state index contributed by atoms with van der Waals surface area (Å²) in [5, 5.41) is 3.86. The van der Waals surface area contributed by atoms with Gasteiger partial charge >= 0.3 is 5.97 Å². The molecule has 0 radical (unpaired) electrons. The standard InChI is InChI=1S/C38H45N3O13S3/c1-37(2)29-25-27(57(51,52)53)16-18-31(29)40(22-10-11-23-55(45,46)47)33(37)13-7-4-6-12-32-38(3,28-24-26(56(48,49)50)15-17-30(28)39-32)21-9-5-8-14-36(44)54-41-34(42)19-20-35(41)43/h4,6-7,12-13,15-18,24-25H,5,8-11,14,19-23H2,1-3H3,(H3,45,46,47,48,49,50,51,52,53). The Hall–Kier alpha value is -4.53. The minimum atomic E-state index is -4.50. The Morgan fingerprint density at radius 1 is 0.860 bits per heavy atom. The summed E-state index contributed by atoms with van der Waals surface area (Å²) < 4.78 is 103. The number of rotatable bonds is 17. The van der Waals surface area contributed by atoms with Crippen LogP contribution in [0.2, 0.25) is 0 Å². The molecule has 1 fully saturated rings. The minimum absolute atomic E-state index is 0.00300. The fourth-order valence-corrected chi connectivity index (χ4v) is 8.94. The summed E-state index contributed by atoms with van der Waals surface area (Å²) >= 11 is 0.